The van der Waals surface area contributed by atoms with Gasteiger partial charge in [-0.2, -0.15) is 0 Å². The molecule has 150 valence electrons. The van der Waals surface area contributed by atoms with Crippen LogP contribution in [0.3, 0.4) is 0 Å². The Morgan fingerprint density at radius 3 is 2.56 bits per heavy atom. The predicted molar refractivity (Wildman–Crippen MR) is 101 cm³/mol. The highest BCUT2D eigenvalue weighted by Gasteiger charge is 2.36. The number of ether oxygens (including phenoxy) is 2. The molecule has 7 nitrogen and oxygen atoms in total. The molecule has 0 spiro atoms. The molecule has 0 bridgehead atoms. The van der Waals surface area contributed by atoms with Crippen LogP contribution in [0.5, 0.6) is 0 Å². The third kappa shape index (κ3) is 6.75. The van der Waals surface area contributed by atoms with Crippen molar-refractivity contribution < 1.29 is 24.2 Å². The zero-order chi connectivity index (χ0) is 20.0. The average Bonchev–Trinajstić information content (AvgIpc) is 2.98. The van der Waals surface area contributed by atoms with Gasteiger partial charge in [-0.25, -0.2) is 9.59 Å². The molecule has 1 saturated heterocycles. The lowest BCUT2D eigenvalue weighted by atomic mass is 10.1. The zero-order valence-electron chi connectivity index (χ0n) is 16.6. The number of carbonyl (C=O) groups excluding carboxylic acids is 2. The minimum absolute atomic E-state index is 0.167. The molecule has 0 saturated carbocycles. The van der Waals surface area contributed by atoms with Crippen LogP contribution in [0.1, 0.15) is 39.2 Å². The van der Waals surface area contributed by atoms with Crippen molar-refractivity contribution >= 4 is 12.2 Å². The Bertz CT molecular complexity index is 629. The normalized spacial score (nSPS) is 19.7. The van der Waals surface area contributed by atoms with Crippen molar-refractivity contribution in [3.63, 3.8) is 0 Å². The summed E-state index contributed by atoms with van der Waals surface area (Å²) in [4.78, 5) is 27.5. The summed E-state index contributed by atoms with van der Waals surface area (Å²) in [7, 11) is 1.66. The summed E-state index contributed by atoms with van der Waals surface area (Å²) in [6.07, 6.45) is -0.392. The van der Waals surface area contributed by atoms with E-state index < -0.39 is 23.9 Å². The fraction of sp³-hybridized carbons (Fsp3) is 0.600. The number of hydrogen-bond donors (Lipinski definition) is 1. The highest BCUT2D eigenvalue weighted by Crippen LogP contribution is 2.23. The molecule has 1 fully saturated rings. The maximum Gasteiger partial charge on any atom is 0.410 e. The molecule has 1 aromatic rings. The van der Waals surface area contributed by atoms with Gasteiger partial charge in [-0.1, -0.05) is 30.3 Å². The number of carbonyl (C=O) groups is 2. The van der Waals surface area contributed by atoms with Gasteiger partial charge in [-0.05, 0) is 39.2 Å². The first-order chi connectivity index (χ1) is 12.7. The van der Waals surface area contributed by atoms with Gasteiger partial charge in [0, 0.05) is 19.6 Å². The molecule has 1 aliphatic rings. The molecule has 27 heavy (non-hydrogen) atoms. The van der Waals surface area contributed by atoms with E-state index >= 15 is 0 Å². The quantitative estimate of drug-likeness (QED) is 0.852. The molecule has 0 unspecified atom stereocenters. The first-order valence-corrected chi connectivity index (χ1v) is 9.25. The predicted octanol–water partition coefficient (Wildman–Crippen LogP) is 3.02. The molecule has 0 aliphatic carbocycles. The first-order valence-electron chi connectivity index (χ1n) is 9.25. The van der Waals surface area contributed by atoms with Crippen molar-refractivity contribution in [2.24, 2.45) is 0 Å². The Hall–Kier alpha value is -2.28. The average molecular weight is 378 g/mol. The third-order valence-corrected chi connectivity index (χ3v) is 4.33. The summed E-state index contributed by atoms with van der Waals surface area (Å²) in [5.74, 6) is 0. The van der Waals surface area contributed by atoms with Gasteiger partial charge >= 0.3 is 12.2 Å². The van der Waals surface area contributed by atoms with Gasteiger partial charge in [0.25, 0.3) is 0 Å². The minimum atomic E-state index is -0.590. The van der Waals surface area contributed by atoms with Gasteiger partial charge in [0.2, 0.25) is 0 Å². The number of benzene rings is 1. The van der Waals surface area contributed by atoms with Gasteiger partial charge in [0.05, 0.1) is 12.6 Å². The van der Waals surface area contributed by atoms with Crippen LogP contribution < -0.4 is 0 Å². The fourth-order valence-electron chi connectivity index (χ4n) is 2.97. The van der Waals surface area contributed by atoms with Crippen LogP contribution in [-0.2, 0) is 16.1 Å². The van der Waals surface area contributed by atoms with Crippen LogP contribution in [0.2, 0.25) is 0 Å². The Morgan fingerprint density at radius 1 is 1.26 bits per heavy atom. The lowest BCUT2D eigenvalue weighted by Gasteiger charge is -2.29. The summed E-state index contributed by atoms with van der Waals surface area (Å²) in [6, 6.07) is 9.31. The molecule has 2 amide bonds. The van der Waals surface area contributed by atoms with Crippen LogP contribution in [0.15, 0.2) is 30.3 Å². The van der Waals surface area contributed by atoms with Gasteiger partial charge in [-0.15, -0.1) is 0 Å². The Kier molecular flexibility index (Phi) is 7.07. The van der Waals surface area contributed by atoms with Crippen molar-refractivity contribution in [1.29, 1.82) is 0 Å². The van der Waals surface area contributed by atoms with Crippen molar-refractivity contribution in [2.45, 2.75) is 58.0 Å². The summed E-state index contributed by atoms with van der Waals surface area (Å²) < 4.78 is 10.7. The summed E-state index contributed by atoms with van der Waals surface area (Å²) in [5.41, 5.74) is 0.335. The number of aliphatic hydroxyl groups excluding tert-OH is 1. The fourth-order valence-corrected chi connectivity index (χ4v) is 2.97. The molecule has 2 atom stereocenters. The van der Waals surface area contributed by atoms with Crippen LogP contribution in [-0.4, -0.2) is 65.0 Å². The van der Waals surface area contributed by atoms with Crippen LogP contribution in [0, 0.1) is 0 Å². The SMILES string of the molecule is CN(CC[C@@H]1C[C@H](O)CN1C(=O)OC(C)(C)C)C(=O)OCc1ccccc1. The topological polar surface area (TPSA) is 79.3 Å². The molecular formula is C20H30N2O5. The van der Waals surface area contributed by atoms with Crippen molar-refractivity contribution in [1.82, 2.24) is 9.80 Å². The largest absolute Gasteiger partial charge is 0.445 e. The highest BCUT2D eigenvalue weighted by atomic mass is 16.6. The molecule has 1 aromatic carbocycles. The van der Waals surface area contributed by atoms with E-state index in [0.717, 1.165) is 5.56 Å². The first kappa shape index (κ1) is 21.0. The van der Waals surface area contributed by atoms with E-state index in [2.05, 4.69) is 0 Å². The number of hydrogen-bond acceptors (Lipinski definition) is 5. The van der Waals surface area contributed by atoms with Gasteiger partial charge < -0.3 is 24.4 Å². The van der Waals surface area contributed by atoms with E-state index in [1.54, 1.807) is 11.9 Å². The van der Waals surface area contributed by atoms with Crippen molar-refractivity contribution in [2.75, 3.05) is 20.1 Å². The van der Waals surface area contributed by atoms with E-state index in [-0.39, 0.29) is 19.2 Å². The Labute approximate surface area is 160 Å². The standard InChI is InChI=1S/C20H30N2O5/c1-20(2,3)27-19(25)22-13-17(23)12-16(22)10-11-21(4)18(24)26-14-15-8-6-5-7-9-15/h5-9,16-17,23H,10-14H2,1-4H3/t16-,17+/m1/s1. The van der Waals surface area contributed by atoms with E-state index in [4.69, 9.17) is 9.47 Å². The Balaban J connectivity index is 1.82. The molecule has 7 heteroatoms. The molecule has 1 aliphatic heterocycles. The maximum atomic E-state index is 12.3. The Morgan fingerprint density at radius 2 is 1.93 bits per heavy atom. The zero-order valence-corrected chi connectivity index (χ0v) is 16.6. The van der Waals surface area contributed by atoms with E-state index in [1.165, 1.54) is 4.90 Å². The van der Waals surface area contributed by atoms with Crippen molar-refractivity contribution in [3.8, 4) is 0 Å². The molecule has 2 rings (SSSR count). The van der Waals surface area contributed by atoms with E-state index in [0.29, 0.717) is 19.4 Å². The van der Waals surface area contributed by atoms with Crippen LogP contribution in [0.25, 0.3) is 0 Å². The monoisotopic (exact) mass is 378 g/mol. The van der Waals surface area contributed by atoms with E-state index in [9.17, 15) is 14.7 Å². The molecular weight excluding hydrogens is 348 g/mol. The van der Waals surface area contributed by atoms with Crippen LogP contribution in [0.4, 0.5) is 9.59 Å². The van der Waals surface area contributed by atoms with Crippen molar-refractivity contribution in [3.05, 3.63) is 35.9 Å². The van der Waals surface area contributed by atoms with Gasteiger partial charge in [-0.3, -0.25) is 0 Å². The van der Waals surface area contributed by atoms with Crippen LogP contribution >= 0.6 is 0 Å². The third-order valence-electron chi connectivity index (χ3n) is 4.33. The number of amides is 2. The second kappa shape index (κ2) is 9.08. The van der Waals surface area contributed by atoms with E-state index in [1.807, 2.05) is 51.1 Å². The molecule has 0 aromatic heterocycles. The number of nitrogens with zero attached hydrogens (tertiary/aromatic N) is 2. The molecule has 1 heterocycles. The lowest BCUT2D eigenvalue weighted by molar-refractivity contribution is 0.0197. The lowest BCUT2D eigenvalue weighted by Crippen LogP contribution is -2.41. The maximum absolute atomic E-state index is 12.3. The summed E-state index contributed by atoms with van der Waals surface area (Å²) in [6.45, 7) is 6.32. The summed E-state index contributed by atoms with van der Waals surface area (Å²) in [5, 5.41) is 9.95. The minimum Gasteiger partial charge on any atom is -0.445 e. The number of likely N-dealkylation sites (tertiary alicyclic amines) is 1. The highest BCUT2D eigenvalue weighted by molar-refractivity contribution is 5.69. The second-order valence-electron chi connectivity index (χ2n) is 7.93. The smallest absolute Gasteiger partial charge is 0.410 e. The molecule has 0 radical (unpaired) electrons. The summed E-state index contributed by atoms with van der Waals surface area (Å²) >= 11 is 0. The van der Waals surface area contributed by atoms with Gasteiger partial charge in [0.15, 0.2) is 0 Å². The second-order valence-corrected chi connectivity index (χ2v) is 7.93. The number of aliphatic hydroxyl groups is 1. The van der Waals surface area contributed by atoms with Gasteiger partial charge in [0.1, 0.15) is 12.2 Å². The number of rotatable bonds is 5. The number of β-amino-alcohol motifs (C(OH)–C–C–N with tert-alkyl or cyclic N) is 1. The molecule has 1 N–H and O–H groups in total.